The third-order valence-corrected chi connectivity index (χ3v) is 3.50. The molecule has 1 heterocycles. The first-order valence-electron chi connectivity index (χ1n) is 6.70. The van der Waals surface area contributed by atoms with E-state index in [0.717, 1.165) is 24.6 Å². The molecule has 0 saturated carbocycles. The highest BCUT2D eigenvalue weighted by molar-refractivity contribution is 5.43. The van der Waals surface area contributed by atoms with Crippen LogP contribution in [0.25, 0.3) is 0 Å². The SMILES string of the molecule is CCC(C)(C)CNCc1ccc2c(c1)OCCO2. The molecule has 0 aliphatic carbocycles. The predicted octanol–water partition coefficient (Wildman–Crippen LogP) is 2.98. The summed E-state index contributed by atoms with van der Waals surface area (Å²) in [7, 11) is 0. The average Bonchev–Trinajstić information content (AvgIpc) is 2.38. The molecule has 1 aliphatic heterocycles. The molecule has 0 fully saturated rings. The summed E-state index contributed by atoms with van der Waals surface area (Å²) in [5, 5.41) is 3.50. The minimum Gasteiger partial charge on any atom is -0.486 e. The van der Waals surface area contributed by atoms with E-state index in [1.807, 2.05) is 6.07 Å². The fourth-order valence-electron chi connectivity index (χ4n) is 1.87. The quantitative estimate of drug-likeness (QED) is 0.870. The topological polar surface area (TPSA) is 30.5 Å². The van der Waals surface area contributed by atoms with Gasteiger partial charge in [-0.15, -0.1) is 0 Å². The molecule has 3 nitrogen and oxygen atoms in total. The van der Waals surface area contributed by atoms with Gasteiger partial charge < -0.3 is 14.8 Å². The van der Waals surface area contributed by atoms with E-state index in [1.54, 1.807) is 0 Å². The van der Waals surface area contributed by atoms with Crippen LogP contribution in [0.3, 0.4) is 0 Å². The van der Waals surface area contributed by atoms with Crippen LogP contribution in [0.2, 0.25) is 0 Å². The third kappa shape index (κ3) is 3.39. The van der Waals surface area contributed by atoms with Crippen molar-refractivity contribution in [1.29, 1.82) is 0 Å². The van der Waals surface area contributed by atoms with Gasteiger partial charge in [0.25, 0.3) is 0 Å². The molecule has 1 aliphatic rings. The van der Waals surface area contributed by atoms with Gasteiger partial charge in [-0.05, 0) is 29.5 Å². The van der Waals surface area contributed by atoms with Crippen molar-refractivity contribution in [3.63, 3.8) is 0 Å². The summed E-state index contributed by atoms with van der Waals surface area (Å²) in [5.74, 6) is 1.73. The fourth-order valence-corrected chi connectivity index (χ4v) is 1.87. The molecule has 0 atom stereocenters. The Morgan fingerprint density at radius 3 is 2.61 bits per heavy atom. The van der Waals surface area contributed by atoms with Crippen molar-refractivity contribution in [2.24, 2.45) is 5.41 Å². The molecule has 0 saturated heterocycles. The van der Waals surface area contributed by atoms with Gasteiger partial charge in [0.2, 0.25) is 0 Å². The summed E-state index contributed by atoms with van der Waals surface area (Å²) in [5.41, 5.74) is 1.60. The lowest BCUT2D eigenvalue weighted by atomic mass is 9.90. The van der Waals surface area contributed by atoms with E-state index in [9.17, 15) is 0 Å². The maximum atomic E-state index is 5.58. The van der Waals surface area contributed by atoms with Crippen LogP contribution < -0.4 is 14.8 Å². The summed E-state index contributed by atoms with van der Waals surface area (Å²) in [6.45, 7) is 9.99. The van der Waals surface area contributed by atoms with Gasteiger partial charge in [-0.1, -0.05) is 26.8 Å². The Balaban J connectivity index is 1.90. The Morgan fingerprint density at radius 2 is 1.89 bits per heavy atom. The molecule has 3 heteroatoms. The van der Waals surface area contributed by atoms with Gasteiger partial charge in [0, 0.05) is 13.1 Å². The van der Waals surface area contributed by atoms with E-state index in [4.69, 9.17) is 9.47 Å². The fraction of sp³-hybridized carbons (Fsp3) is 0.600. The zero-order chi connectivity index (χ0) is 13.0. The molecule has 2 rings (SSSR count). The Kier molecular flexibility index (Phi) is 4.12. The summed E-state index contributed by atoms with van der Waals surface area (Å²) < 4.78 is 11.1. The lowest BCUT2D eigenvalue weighted by Gasteiger charge is -2.23. The van der Waals surface area contributed by atoms with E-state index >= 15 is 0 Å². The number of benzene rings is 1. The molecule has 0 radical (unpaired) electrons. The van der Waals surface area contributed by atoms with Crippen LogP contribution in [0.4, 0.5) is 0 Å². The van der Waals surface area contributed by atoms with Crippen molar-refractivity contribution < 1.29 is 9.47 Å². The van der Waals surface area contributed by atoms with Crippen LogP contribution in [-0.4, -0.2) is 19.8 Å². The van der Waals surface area contributed by atoms with Gasteiger partial charge in [0.05, 0.1) is 0 Å². The molecule has 1 aromatic carbocycles. The van der Waals surface area contributed by atoms with Gasteiger partial charge in [-0.2, -0.15) is 0 Å². The average molecular weight is 249 g/mol. The maximum Gasteiger partial charge on any atom is 0.161 e. The van der Waals surface area contributed by atoms with E-state index in [1.165, 1.54) is 12.0 Å². The van der Waals surface area contributed by atoms with Crippen LogP contribution in [0, 0.1) is 5.41 Å². The lowest BCUT2D eigenvalue weighted by Crippen LogP contribution is -2.28. The third-order valence-electron chi connectivity index (χ3n) is 3.50. The monoisotopic (exact) mass is 249 g/mol. The highest BCUT2D eigenvalue weighted by atomic mass is 16.6. The highest BCUT2D eigenvalue weighted by Gasteiger charge is 2.15. The first kappa shape index (κ1) is 13.2. The number of ether oxygens (including phenoxy) is 2. The van der Waals surface area contributed by atoms with Crippen molar-refractivity contribution >= 4 is 0 Å². The Labute approximate surface area is 109 Å². The van der Waals surface area contributed by atoms with Gasteiger partial charge >= 0.3 is 0 Å². The van der Waals surface area contributed by atoms with Crippen molar-refractivity contribution in [1.82, 2.24) is 5.32 Å². The second-order valence-corrected chi connectivity index (χ2v) is 5.60. The van der Waals surface area contributed by atoms with Crippen LogP contribution in [-0.2, 0) is 6.54 Å². The zero-order valence-corrected chi connectivity index (χ0v) is 11.6. The van der Waals surface area contributed by atoms with Gasteiger partial charge in [-0.3, -0.25) is 0 Å². The van der Waals surface area contributed by atoms with E-state index < -0.39 is 0 Å². The van der Waals surface area contributed by atoms with Gasteiger partial charge in [0.1, 0.15) is 13.2 Å². The largest absolute Gasteiger partial charge is 0.486 e. The van der Waals surface area contributed by atoms with E-state index in [2.05, 4.69) is 38.2 Å². The first-order chi connectivity index (χ1) is 8.61. The zero-order valence-electron chi connectivity index (χ0n) is 11.6. The second-order valence-electron chi connectivity index (χ2n) is 5.60. The smallest absolute Gasteiger partial charge is 0.161 e. The van der Waals surface area contributed by atoms with Crippen LogP contribution >= 0.6 is 0 Å². The van der Waals surface area contributed by atoms with E-state index in [-0.39, 0.29) is 0 Å². The first-order valence-corrected chi connectivity index (χ1v) is 6.70. The molecule has 0 amide bonds. The van der Waals surface area contributed by atoms with Crippen molar-refractivity contribution in [2.45, 2.75) is 33.7 Å². The van der Waals surface area contributed by atoms with Gasteiger partial charge in [0.15, 0.2) is 11.5 Å². The summed E-state index contributed by atoms with van der Waals surface area (Å²) in [6.07, 6.45) is 1.18. The van der Waals surface area contributed by atoms with Crippen molar-refractivity contribution in [3.05, 3.63) is 23.8 Å². The standard InChI is InChI=1S/C15H23NO2/c1-4-15(2,3)11-16-10-12-5-6-13-14(9-12)18-8-7-17-13/h5-6,9,16H,4,7-8,10-11H2,1-3H3. The summed E-state index contributed by atoms with van der Waals surface area (Å²) in [6, 6.07) is 6.16. The molecular formula is C15H23NO2. The number of nitrogens with one attached hydrogen (secondary N) is 1. The molecule has 1 N–H and O–H groups in total. The number of hydrogen-bond donors (Lipinski definition) is 1. The summed E-state index contributed by atoms with van der Waals surface area (Å²) in [4.78, 5) is 0. The molecular weight excluding hydrogens is 226 g/mol. The predicted molar refractivity (Wildman–Crippen MR) is 73.2 cm³/mol. The lowest BCUT2D eigenvalue weighted by molar-refractivity contribution is 0.171. The second kappa shape index (κ2) is 5.61. The molecule has 1 aromatic rings. The van der Waals surface area contributed by atoms with Crippen LogP contribution in [0.15, 0.2) is 18.2 Å². The Morgan fingerprint density at radius 1 is 1.17 bits per heavy atom. The van der Waals surface area contributed by atoms with Crippen molar-refractivity contribution in [3.8, 4) is 11.5 Å². The molecule has 0 unspecified atom stereocenters. The molecule has 100 valence electrons. The van der Waals surface area contributed by atoms with Crippen molar-refractivity contribution in [2.75, 3.05) is 19.8 Å². The van der Waals surface area contributed by atoms with E-state index in [0.29, 0.717) is 18.6 Å². The minimum absolute atomic E-state index is 0.355. The Bertz CT molecular complexity index is 401. The van der Waals surface area contributed by atoms with Crippen LogP contribution in [0.1, 0.15) is 32.8 Å². The number of hydrogen-bond acceptors (Lipinski definition) is 3. The van der Waals surface area contributed by atoms with Gasteiger partial charge in [-0.25, -0.2) is 0 Å². The molecule has 0 spiro atoms. The molecule has 0 bridgehead atoms. The Hall–Kier alpha value is -1.22. The normalized spacial score (nSPS) is 14.6. The highest BCUT2D eigenvalue weighted by Crippen LogP contribution is 2.30. The number of rotatable bonds is 5. The number of fused-ring (bicyclic) bond motifs is 1. The maximum absolute atomic E-state index is 5.58. The molecule has 18 heavy (non-hydrogen) atoms. The molecule has 0 aromatic heterocycles. The van der Waals surface area contributed by atoms with Crippen LogP contribution in [0.5, 0.6) is 11.5 Å². The summed E-state index contributed by atoms with van der Waals surface area (Å²) >= 11 is 0. The minimum atomic E-state index is 0.355.